The highest BCUT2D eigenvalue weighted by Crippen LogP contribution is 2.23. The molecule has 1 aromatic carbocycles. The SMILES string of the molecule is CCC(CC#N)c1cccc(C(=O)NC)c1. The van der Waals surface area contributed by atoms with Crippen molar-refractivity contribution in [2.75, 3.05) is 7.05 Å². The average Bonchev–Trinajstić information content (AvgIpc) is 2.35. The van der Waals surface area contributed by atoms with Crippen LogP contribution in [0.4, 0.5) is 0 Å². The van der Waals surface area contributed by atoms with E-state index in [4.69, 9.17) is 5.26 Å². The van der Waals surface area contributed by atoms with Gasteiger partial charge < -0.3 is 5.32 Å². The Morgan fingerprint density at radius 3 is 2.88 bits per heavy atom. The second kappa shape index (κ2) is 5.92. The van der Waals surface area contributed by atoms with Crippen molar-refractivity contribution in [1.82, 2.24) is 5.32 Å². The summed E-state index contributed by atoms with van der Waals surface area (Å²) in [4.78, 5) is 11.5. The Labute approximate surface area is 96.1 Å². The first-order chi connectivity index (χ1) is 7.72. The number of amides is 1. The lowest BCUT2D eigenvalue weighted by atomic mass is 9.92. The Hall–Kier alpha value is -1.82. The van der Waals surface area contributed by atoms with E-state index in [0.717, 1.165) is 12.0 Å². The molecule has 0 aliphatic rings. The first-order valence-corrected chi connectivity index (χ1v) is 5.41. The second-order valence-electron chi connectivity index (χ2n) is 3.67. The molecule has 0 bridgehead atoms. The average molecular weight is 216 g/mol. The summed E-state index contributed by atoms with van der Waals surface area (Å²) in [6.45, 7) is 2.05. The summed E-state index contributed by atoms with van der Waals surface area (Å²) >= 11 is 0. The summed E-state index contributed by atoms with van der Waals surface area (Å²) in [5.74, 6) is 0.128. The zero-order valence-corrected chi connectivity index (χ0v) is 9.66. The first kappa shape index (κ1) is 12.3. The highest BCUT2D eigenvalue weighted by molar-refractivity contribution is 5.94. The fourth-order valence-corrected chi connectivity index (χ4v) is 1.69. The molecular weight excluding hydrogens is 200 g/mol. The molecule has 0 spiro atoms. The van der Waals surface area contributed by atoms with Crippen molar-refractivity contribution in [1.29, 1.82) is 5.26 Å². The largest absolute Gasteiger partial charge is 0.355 e. The molecular formula is C13H16N2O. The smallest absolute Gasteiger partial charge is 0.251 e. The van der Waals surface area contributed by atoms with E-state index in [1.54, 1.807) is 13.1 Å². The quantitative estimate of drug-likeness (QED) is 0.840. The van der Waals surface area contributed by atoms with Crippen LogP contribution in [0.15, 0.2) is 24.3 Å². The molecule has 3 heteroatoms. The van der Waals surface area contributed by atoms with Gasteiger partial charge in [0.25, 0.3) is 5.91 Å². The topological polar surface area (TPSA) is 52.9 Å². The number of nitrogens with one attached hydrogen (secondary N) is 1. The summed E-state index contributed by atoms with van der Waals surface area (Å²) in [5.41, 5.74) is 1.71. The van der Waals surface area contributed by atoms with E-state index < -0.39 is 0 Å². The summed E-state index contributed by atoms with van der Waals surface area (Å²) in [6, 6.07) is 9.66. The fourth-order valence-electron chi connectivity index (χ4n) is 1.69. The summed E-state index contributed by atoms with van der Waals surface area (Å²) in [7, 11) is 1.61. The number of nitriles is 1. The van der Waals surface area contributed by atoms with E-state index in [2.05, 4.69) is 18.3 Å². The van der Waals surface area contributed by atoms with Gasteiger partial charge in [0.2, 0.25) is 0 Å². The first-order valence-electron chi connectivity index (χ1n) is 5.41. The zero-order chi connectivity index (χ0) is 12.0. The minimum absolute atomic E-state index is 0.0892. The molecule has 1 amide bonds. The van der Waals surface area contributed by atoms with E-state index in [-0.39, 0.29) is 11.8 Å². The van der Waals surface area contributed by atoms with Crippen LogP contribution < -0.4 is 5.32 Å². The third-order valence-corrected chi connectivity index (χ3v) is 2.68. The molecule has 1 unspecified atom stereocenters. The Morgan fingerprint density at radius 1 is 1.56 bits per heavy atom. The van der Waals surface area contributed by atoms with Crippen molar-refractivity contribution >= 4 is 5.91 Å². The number of benzene rings is 1. The Bertz CT molecular complexity index is 407. The second-order valence-corrected chi connectivity index (χ2v) is 3.67. The Balaban J connectivity index is 2.97. The van der Waals surface area contributed by atoms with Crippen LogP contribution in [-0.4, -0.2) is 13.0 Å². The molecule has 16 heavy (non-hydrogen) atoms. The molecule has 3 nitrogen and oxygen atoms in total. The van der Waals surface area contributed by atoms with Crippen LogP contribution in [-0.2, 0) is 0 Å². The van der Waals surface area contributed by atoms with E-state index >= 15 is 0 Å². The lowest BCUT2D eigenvalue weighted by molar-refractivity contribution is 0.0963. The lowest BCUT2D eigenvalue weighted by Gasteiger charge is -2.12. The molecule has 1 rings (SSSR count). The normalized spacial score (nSPS) is 11.6. The molecule has 84 valence electrons. The minimum atomic E-state index is -0.0892. The van der Waals surface area contributed by atoms with Crippen molar-refractivity contribution in [2.24, 2.45) is 0 Å². The van der Waals surface area contributed by atoms with Crippen molar-refractivity contribution in [3.8, 4) is 6.07 Å². The number of hydrogen-bond donors (Lipinski definition) is 1. The van der Waals surface area contributed by atoms with E-state index in [1.807, 2.05) is 18.2 Å². The highest BCUT2D eigenvalue weighted by Gasteiger charge is 2.11. The van der Waals surface area contributed by atoms with Gasteiger partial charge in [-0.1, -0.05) is 19.1 Å². The maximum Gasteiger partial charge on any atom is 0.251 e. The molecule has 1 aromatic rings. The number of rotatable bonds is 4. The van der Waals surface area contributed by atoms with E-state index in [1.165, 1.54) is 0 Å². The van der Waals surface area contributed by atoms with Gasteiger partial charge in [0.15, 0.2) is 0 Å². The number of nitrogens with zero attached hydrogens (tertiary/aromatic N) is 1. The van der Waals surface area contributed by atoms with Gasteiger partial charge in [-0.25, -0.2) is 0 Å². The van der Waals surface area contributed by atoms with Gasteiger partial charge in [0, 0.05) is 19.0 Å². The Kier molecular flexibility index (Phi) is 4.53. The predicted molar refractivity (Wildman–Crippen MR) is 63.1 cm³/mol. The number of carbonyl (C=O) groups is 1. The lowest BCUT2D eigenvalue weighted by Crippen LogP contribution is -2.18. The summed E-state index contributed by atoms with van der Waals surface area (Å²) in [6.07, 6.45) is 1.40. The standard InChI is InChI=1S/C13H16N2O/c1-3-10(7-8-14)11-5-4-6-12(9-11)13(16)15-2/h4-6,9-10H,3,7H2,1-2H3,(H,15,16). The highest BCUT2D eigenvalue weighted by atomic mass is 16.1. The van der Waals surface area contributed by atoms with Gasteiger partial charge in [-0.3, -0.25) is 4.79 Å². The number of hydrogen-bond acceptors (Lipinski definition) is 2. The molecule has 0 saturated carbocycles. The van der Waals surface area contributed by atoms with Gasteiger partial charge in [0.1, 0.15) is 0 Å². The van der Waals surface area contributed by atoms with Crippen LogP contribution in [0.1, 0.15) is 41.6 Å². The minimum Gasteiger partial charge on any atom is -0.355 e. The summed E-state index contributed by atoms with van der Waals surface area (Å²) in [5, 5.41) is 11.3. The molecule has 1 N–H and O–H groups in total. The van der Waals surface area contributed by atoms with Gasteiger partial charge in [-0.2, -0.15) is 5.26 Å². The van der Waals surface area contributed by atoms with Gasteiger partial charge >= 0.3 is 0 Å². The third kappa shape index (κ3) is 2.83. The van der Waals surface area contributed by atoms with Crippen LogP contribution in [0, 0.1) is 11.3 Å². The molecule has 0 aliphatic heterocycles. The van der Waals surface area contributed by atoms with Gasteiger partial charge in [-0.05, 0) is 30.0 Å². The van der Waals surface area contributed by atoms with E-state index in [9.17, 15) is 4.79 Å². The number of carbonyl (C=O) groups excluding carboxylic acids is 1. The molecule has 0 heterocycles. The molecule has 0 radical (unpaired) electrons. The molecule has 0 aromatic heterocycles. The molecule has 0 saturated heterocycles. The molecule has 0 fully saturated rings. The monoisotopic (exact) mass is 216 g/mol. The predicted octanol–water partition coefficient (Wildman–Crippen LogP) is 2.45. The summed E-state index contributed by atoms with van der Waals surface area (Å²) < 4.78 is 0. The fraction of sp³-hybridized carbons (Fsp3) is 0.385. The van der Waals surface area contributed by atoms with Crippen LogP contribution in [0.25, 0.3) is 0 Å². The van der Waals surface area contributed by atoms with Crippen molar-refractivity contribution in [3.05, 3.63) is 35.4 Å². The zero-order valence-electron chi connectivity index (χ0n) is 9.66. The van der Waals surface area contributed by atoms with E-state index in [0.29, 0.717) is 12.0 Å². The van der Waals surface area contributed by atoms with Crippen LogP contribution in [0.2, 0.25) is 0 Å². The van der Waals surface area contributed by atoms with Crippen LogP contribution >= 0.6 is 0 Å². The van der Waals surface area contributed by atoms with Crippen molar-refractivity contribution < 1.29 is 4.79 Å². The van der Waals surface area contributed by atoms with Gasteiger partial charge in [0.05, 0.1) is 6.07 Å². The van der Waals surface area contributed by atoms with Gasteiger partial charge in [-0.15, -0.1) is 0 Å². The maximum atomic E-state index is 11.5. The third-order valence-electron chi connectivity index (χ3n) is 2.68. The Morgan fingerprint density at radius 2 is 2.31 bits per heavy atom. The van der Waals surface area contributed by atoms with Crippen LogP contribution in [0.3, 0.4) is 0 Å². The van der Waals surface area contributed by atoms with Crippen molar-refractivity contribution in [3.63, 3.8) is 0 Å². The van der Waals surface area contributed by atoms with Crippen molar-refractivity contribution in [2.45, 2.75) is 25.7 Å². The van der Waals surface area contributed by atoms with Crippen LogP contribution in [0.5, 0.6) is 0 Å². The molecule has 1 atom stereocenters. The molecule has 0 aliphatic carbocycles. The maximum absolute atomic E-state index is 11.5.